The van der Waals surface area contributed by atoms with E-state index in [1.165, 1.54) is 11.7 Å². The number of hydrogen-bond donors (Lipinski definition) is 1. The summed E-state index contributed by atoms with van der Waals surface area (Å²) in [5.74, 6) is -1.15. The second-order valence-corrected chi connectivity index (χ2v) is 4.17. The van der Waals surface area contributed by atoms with Gasteiger partial charge in [-0.25, -0.2) is 9.67 Å². The molecule has 96 valence electrons. The van der Waals surface area contributed by atoms with Crippen molar-refractivity contribution >= 4 is 17.7 Å². The highest BCUT2D eigenvalue weighted by Gasteiger charge is 2.27. The maximum atomic E-state index is 12.0. The van der Waals surface area contributed by atoms with Gasteiger partial charge in [-0.05, 0) is 0 Å². The summed E-state index contributed by atoms with van der Waals surface area (Å²) in [4.78, 5) is 14.2. The normalized spacial score (nSPS) is 11.8. The topological polar surface area (TPSA) is 68.0 Å². The SMILES string of the molecule is Cn1nc(CCC(F)(F)F)nc1SCC(=O)O. The van der Waals surface area contributed by atoms with Gasteiger partial charge in [-0.2, -0.15) is 18.3 Å². The number of carboxylic acid groups (broad SMARTS) is 1. The first kappa shape index (κ1) is 13.8. The molecule has 0 spiro atoms. The Morgan fingerprint density at radius 3 is 2.71 bits per heavy atom. The van der Waals surface area contributed by atoms with Gasteiger partial charge >= 0.3 is 12.1 Å². The van der Waals surface area contributed by atoms with Crippen LogP contribution in [0.1, 0.15) is 12.2 Å². The summed E-state index contributed by atoms with van der Waals surface area (Å²) < 4.78 is 37.1. The molecule has 17 heavy (non-hydrogen) atoms. The van der Waals surface area contributed by atoms with Crippen molar-refractivity contribution in [1.29, 1.82) is 0 Å². The molecule has 1 rings (SSSR count). The summed E-state index contributed by atoms with van der Waals surface area (Å²) in [6.45, 7) is 0. The van der Waals surface area contributed by atoms with E-state index in [2.05, 4.69) is 10.1 Å². The molecule has 0 aromatic carbocycles. The van der Waals surface area contributed by atoms with Gasteiger partial charge in [-0.3, -0.25) is 4.79 Å². The van der Waals surface area contributed by atoms with Gasteiger partial charge in [-0.15, -0.1) is 0 Å². The van der Waals surface area contributed by atoms with Crippen molar-refractivity contribution in [2.24, 2.45) is 7.05 Å². The molecule has 0 aliphatic heterocycles. The molecule has 0 saturated heterocycles. The average Bonchev–Trinajstić information content (AvgIpc) is 2.52. The van der Waals surface area contributed by atoms with Gasteiger partial charge in [0, 0.05) is 13.5 Å². The Kier molecular flexibility index (Phi) is 4.38. The number of hydrogen-bond acceptors (Lipinski definition) is 4. The van der Waals surface area contributed by atoms with E-state index in [4.69, 9.17) is 5.11 Å². The number of aryl methyl sites for hydroxylation is 2. The van der Waals surface area contributed by atoms with E-state index in [0.717, 1.165) is 11.8 Å². The molecule has 0 unspecified atom stereocenters. The molecule has 0 bridgehead atoms. The molecular weight excluding hydrogens is 259 g/mol. The van der Waals surface area contributed by atoms with Crippen LogP contribution < -0.4 is 0 Å². The second-order valence-electron chi connectivity index (χ2n) is 3.23. The highest BCUT2D eigenvalue weighted by Crippen LogP contribution is 2.22. The van der Waals surface area contributed by atoms with Crippen LogP contribution in [0.4, 0.5) is 13.2 Å². The minimum Gasteiger partial charge on any atom is -0.481 e. The third-order valence-corrected chi connectivity index (χ3v) is 2.73. The fraction of sp³-hybridized carbons (Fsp3) is 0.625. The van der Waals surface area contributed by atoms with E-state index >= 15 is 0 Å². The van der Waals surface area contributed by atoms with Crippen LogP contribution >= 0.6 is 11.8 Å². The Bertz CT molecular complexity index is 405. The number of carboxylic acids is 1. The van der Waals surface area contributed by atoms with Crippen molar-refractivity contribution in [2.75, 3.05) is 5.75 Å². The highest BCUT2D eigenvalue weighted by molar-refractivity contribution is 7.99. The quantitative estimate of drug-likeness (QED) is 0.820. The molecule has 0 amide bonds. The molecule has 1 N–H and O–H groups in total. The van der Waals surface area contributed by atoms with Crippen LogP contribution in [0.25, 0.3) is 0 Å². The van der Waals surface area contributed by atoms with E-state index < -0.39 is 18.6 Å². The Morgan fingerprint density at radius 2 is 2.18 bits per heavy atom. The molecule has 0 aliphatic carbocycles. The molecule has 1 heterocycles. The molecule has 0 atom stereocenters. The number of nitrogens with zero attached hydrogens (tertiary/aromatic N) is 3. The minimum absolute atomic E-state index is 0.0673. The lowest BCUT2D eigenvalue weighted by molar-refractivity contribution is -0.135. The third kappa shape index (κ3) is 5.07. The smallest absolute Gasteiger partial charge is 0.389 e. The van der Waals surface area contributed by atoms with E-state index in [-0.39, 0.29) is 18.0 Å². The van der Waals surface area contributed by atoms with Crippen LogP contribution in [0.3, 0.4) is 0 Å². The summed E-state index contributed by atoms with van der Waals surface area (Å²) in [6, 6.07) is 0. The van der Waals surface area contributed by atoms with Crippen molar-refractivity contribution in [3.8, 4) is 0 Å². The first-order valence-electron chi connectivity index (χ1n) is 4.59. The van der Waals surface area contributed by atoms with Crippen LogP contribution in [0, 0.1) is 0 Å². The zero-order valence-corrected chi connectivity index (χ0v) is 9.68. The first-order chi connectivity index (χ1) is 7.78. The van der Waals surface area contributed by atoms with E-state index in [9.17, 15) is 18.0 Å². The summed E-state index contributed by atoms with van der Waals surface area (Å²) >= 11 is 0.918. The van der Waals surface area contributed by atoms with Gasteiger partial charge in [0.1, 0.15) is 0 Å². The van der Waals surface area contributed by atoms with Crippen molar-refractivity contribution in [1.82, 2.24) is 14.8 Å². The maximum Gasteiger partial charge on any atom is 0.389 e. The lowest BCUT2D eigenvalue weighted by Crippen LogP contribution is -2.09. The van der Waals surface area contributed by atoms with Gasteiger partial charge in [0.2, 0.25) is 0 Å². The zero-order valence-electron chi connectivity index (χ0n) is 8.86. The standard InChI is InChI=1S/C8H10F3N3O2S/c1-14-7(17-4-6(15)16)12-5(13-14)2-3-8(9,10)11/h2-4H2,1H3,(H,15,16). The molecule has 0 saturated carbocycles. The number of carbonyl (C=O) groups is 1. The summed E-state index contributed by atoms with van der Waals surface area (Å²) in [7, 11) is 1.51. The number of thioether (sulfide) groups is 1. The summed E-state index contributed by atoms with van der Waals surface area (Å²) in [5.41, 5.74) is 0. The number of aliphatic carboxylic acids is 1. The van der Waals surface area contributed by atoms with E-state index in [1.54, 1.807) is 0 Å². The zero-order chi connectivity index (χ0) is 13.1. The van der Waals surface area contributed by atoms with Gasteiger partial charge in [-0.1, -0.05) is 11.8 Å². The Hall–Kier alpha value is -1.25. The molecule has 0 fully saturated rings. The largest absolute Gasteiger partial charge is 0.481 e. The van der Waals surface area contributed by atoms with E-state index in [1.807, 2.05) is 0 Å². The Morgan fingerprint density at radius 1 is 1.53 bits per heavy atom. The summed E-state index contributed by atoms with van der Waals surface area (Å²) in [5, 5.41) is 12.5. The predicted molar refractivity (Wildman–Crippen MR) is 53.7 cm³/mol. The van der Waals surface area contributed by atoms with Crippen molar-refractivity contribution in [3.63, 3.8) is 0 Å². The van der Waals surface area contributed by atoms with Crippen LogP contribution in [0.2, 0.25) is 0 Å². The number of alkyl halides is 3. The lowest BCUT2D eigenvalue weighted by atomic mass is 10.3. The Labute approximate surface area is 99.0 Å². The van der Waals surface area contributed by atoms with Crippen molar-refractivity contribution in [3.05, 3.63) is 5.82 Å². The summed E-state index contributed by atoms with van der Waals surface area (Å²) in [6.07, 6.45) is -5.53. The Balaban J connectivity index is 2.58. The number of aromatic nitrogens is 3. The third-order valence-electron chi connectivity index (χ3n) is 1.72. The number of halogens is 3. The molecule has 1 aromatic rings. The highest BCUT2D eigenvalue weighted by atomic mass is 32.2. The second kappa shape index (κ2) is 5.39. The van der Waals surface area contributed by atoms with Crippen LogP contribution in [-0.4, -0.2) is 37.8 Å². The average molecular weight is 269 g/mol. The van der Waals surface area contributed by atoms with Crippen LogP contribution in [-0.2, 0) is 18.3 Å². The molecule has 1 aromatic heterocycles. The molecule has 9 heteroatoms. The number of rotatable bonds is 5. The molecule has 0 radical (unpaired) electrons. The van der Waals surface area contributed by atoms with Crippen molar-refractivity contribution in [2.45, 2.75) is 24.2 Å². The molecular formula is C8H10F3N3O2S. The van der Waals surface area contributed by atoms with Crippen LogP contribution in [0.5, 0.6) is 0 Å². The first-order valence-corrected chi connectivity index (χ1v) is 5.58. The fourth-order valence-electron chi connectivity index (χ4n) is 1.03. The minimum atomic E-state index is -4.24. The monoisotopic (exact) mass is 269 g/mol. The van der Waals surface area contributed by atoms with E-state index in [0.29, 0.717) is 5.16 Å². The fourth-order valence-corrected chi connectivity index (χ4v) is 1.68. The molecule has 5 nitrogen and oxygen atoms in total. The lowest BCUT2D eigenvalue weighted by Gasteiger charge is -2.02. The van der Waals surface area contributed by atoms with Gasteiger partial charge in [0.25, 0.3) is 0 Å². The molecule has 0 aliphatic rings. The van der Waals surface area contributed by atoms with Gasteiger partial charge < -0.3 is 5.11 Å². The van der Waals surface area contributed by atoms with Crippen LogP contribution in [0.15, 0.2) is 5.16 Å². The maximum absolute atomic E-state index is 12.0. The van der Waals surface area contributed by atoms with Crippen molar-refractivity contribution < 1.29 is 23.1 Å². The van der Waals surface area contributed by atoms with Gasteiger partial charge in [0.15, 0.2) is 11.0 Å². The predicted octanol–water partition coefficient (Wildman–Crippen LogP) is 1.49. The van der Waals surface area contributed by atoms with Gasteiger partial charge in [0.05, 0.1) is 12.2 Å².